The molecule has 3 heterocycles. The van der Waals surface area contributed by atoms with Crippen molar-refractivity contribution in [3.05, 3.63) is 21.7 Å². The second kappa shape index (κ2) is 6.35. The lowest BCUT2D eigenvalue weighted by Crippen LogP contribution is -2.38. The second-order valence-corrected chi connectivity index (χ2v) is 6.68. The minimum Gasteiger partial charge on any atom is -0.368 e. The van der Waals surface area contributed by atoms with Crippen LogP contribution in [-0.4, -0.2) is 49.4 Å². The fourth-order valence-corrected chi connectivity index (χ4v) is 2.82. The Labute approximate surface area is 131 Å². The Kier molecular flexibility index (Phi) is 4.48. The molecule has 1 aliphatic rings. The standard InChI is InChI=1S/C12H17ClN6OS/c1-7(2)11-14-12(17-16-11)9-6-19(3-4-20-9)5-8-10(13)21-18-15-8/h7,9H,3-6H2,1-2H3,(H,14,16,17). The molecule has 1 saturated heterocycles. The summed E-state index contributed by atoms with van der Waals surface area (Å²) in [4.78, 5) is 6.76. The minimum absolute atomic E-state index is 0.0934. The van der Waals surface area contributed by atoms with Crippen molar-refractivity contribution in [2.75, 3.05) is 19.7 Å². The van der Waals surface area contributed by atoms with E-state index in [9.17, 15) is 0 Å². The molecule has 0 aliphatic carbocycles. The molecule has 9 heteroatoms. The van der Waals surface area contributed by atoms with Gasteiger partial charge in [0.05, 0.1) is 6.61 Å². The van der Waals surface area contributed by atoms with Crippen LogP contribution in [-0.2, 0) is 11.3 Å². The van der Waals surface area contributed by atoms with E-state index >= 15 is 0 Å². The van der Waals surface area contributed by atoms with Gasteiger partial charge in [0.2, 0.25) is 0 Å². The van der Waals surface area contributed by atoms with Gasteiger partial charge in [0.15, 0.2) is 11.6 Å². The van der Waals surface area contributed by atoms with Crippen molar-refractivity contribution in [1.29, 1.82) is 0 Å². The summed E-state index contributed by atoms with van der Waals surface area (Å²) >= 11 is 7.27. The Morgan fingerprint density at radius 2 is 2.38 bits per heavy atom. The molecule has 0 aromatic carbocycles. The molecule has 21 heavy (non-hydrogen) atoms. The van der Waals surface area contributed by atoms with Gasteiger partial charge in [0.25, 0.3) is 0 Å². The van der Waals surface area contributed by atoms with Crippen LogP contribution in [0.1, 0.15) is 43.2 Å². The number of aromatic nitrogens is 5. The largest absolute Gasteiger partial charge is 0.368 e. The number of halogens is 1. The number of hydrogen-bond donors (Lipinski definition) is 1. The molecule has 7 nitrogen and oxygen atoms in total. The van der Waals surface area contributed by atoms with Crippen LogP contribution in [0.4, 0.5) is 0 Å². The predicted octanol–water partition coefficient (Wildman–Crippen LogP) is 2.01. The molecule has 3 rings (SSSR count). The first-order chi connectivity index (χ1) is 10.1. The van der Waals surface area contributed by atoms with Crippen molar-refractivity contribution in [2.24, 2.45) is 0 Å². The first kappa shape index (κ1) is 14.8. The first-order valence-electron chi connectivity index (χ1n) is 6.86. The summed E-state index contributed by atoms with van der Waals surface area (Å²) in [6.45, 7) is 7.05. The highest BCUT2D eigenvalue weighted by Crippen LogP contribution is 2.24. The van der Waals surface area contributed by atoms with E-state index in [1.54, 1.807) is 0 Å². The van der Waals surface area contributed by atoms with Crippen LogP contribution in [0.2, 0.25) is 4.34 Å². The average molecular weight is 329 g/mol. The molecule has 1 aliphatic heterocycles. The SMILES string of the molecule is CC(C)c1n[nH]c(C2CN(Cc3nnsc3Cl)CCO2)n1. The van der Waals surface area contributed by atoms with Crippen LogP contribution < -0.4 is 0 Å². The molecule has 114 valence electrons. The molecule has 0 saturated carbocycles. The zero-order valence-electron chi connectivity index (χ0n) is 11.9. The summed E-state index contributed by atoms with van der Waals surface area (Å²) in [6.07, 6.45) is -0.0934. The van der Waals surface area contributed by atoms with Crippen LogP contribution in [0.5, 0.6) is 0 Å². The number of nitrogens with zero attached hydrogens (tertiary/aromatic N) is 5. The molecule has 1 atom stereocenters. The summed E-state index contributed by atoms with van der Waals surface area (Å²) in [5.41, 5.74) is 0.822. The number of aromatic amines is 1. The van der Waals surface area contributed by atoms with E-state index in [4.69, 9.17) is 16.3 Å². The number of ether oxygens (including phenoxy) is 1. The Bertz CT molecular complexity index is 600. The van der Waals surface area contributed by atoms with Crippen molar-refractivity contribution in [3.8, 4) is 0 Å². The van der Waals surface area contributed by atoms with Crippen molar-refractivity contribution >= 4 is 23.1 Å². The van der Waals surface area contributed by atoms with Gasteiger partial charge in [-0.2, -0.15) is 5.10 Å². The molecule has 0 spiro atoms. The fourth-order valence-electron chi connectivity index (χ4n) is 2.20. The summed E-state index contributed by atoms with van der Waals surface area (Å²) in [6, 6.07) is 0. The Balaban J connectivity index is 1.66. The molecule has 1 N–H and O–H groups in total. The number of morpholine rings is 1. The van der Waals surface area contributed by atoms with Crippen LogP contribution in [0.3, 0.4) is 0 Å². The van der Waals surface area contributed by atoms with Gasteiger partial charge in [-0.25, -0.2) is 4.98 Å². The van der Waals surface area contributed by atoms with E-state index in [-0.39, 0.29) is 6.10 Å². The predicted molar refractivity (Wildman–Crippen MR) is 79.4 cm³/mol. The molecular weight excluding hydrogens is 312 g/mol. The number of H-pyrrole nitrogens is 1. The average Bonchev–Trinajstić information content (AvgIpc) is 3.09. The van der Waals surface area contributed by atoms with Crippen molar-refractivity contribution in [2.45, 2.75) is 32.4 Å². The van der Waals surface area contributed by atoms with E-state index in [1.165, 1.54) is 11.5 Å². The number of hydrogen-bond acceptors (Lipinski definition) is 7. The zero-order valence-corrected chi connectivity index (χ0v) is 13.5. The highest BCUT2D eigenvalue weighted by atomic mass is 35.5. The molecule has 2 aromatic heterocycles. The topological polar surface area (TPSA) is 79.8 Å². The quantitative estimate of drug-likeness (QED) is 0.924. The maximum Gasteiger partial charge on any atom is 0.155 e. The third-order valence-electron chi connectivity index (χ3n) is 3.37. The summed E-state index contributed by atoms with van der Waals surface area (Å²) in [5.74, 6) is 1.90. The monoisotopic (exact) mass is 328 g/mol. The molecule has 1 unspecified atom stereocenters. The highest BCUT2D eigenvalue weighted by Gasteiger charge is 2.26. The highest BCUT2D eigenvalue weighted by molar-refractivity contribution is 7.10. The minimum atomic E-state index is -0.0934. The maximum absolute atomic E-state index is 6.06. The number of nitrogens with one attached hydrogen (secondary N) is 1. The van der Waals surface area contributed by atoms with Gasteiger partial charge in [-0.15, -0.1) is 5.10 Å². The van der Waals surface area contributed by atoms with Gasteiger partial charge in [0.1, 0.15) is 16.1 Å². The molecular formula is C12H17ClN6OS. The van der Waals surface area contributed by atoms with Crippen LogP contribution in [0, 0.1) is 0 Å². The van der Waals surface area contributed by atoms with Crippen molar-refractivity contribution < 1.29 is 4.74 Å². The lowest BCUT2D eigenvalue weighted by Gasteiger charge is -2.31. The normalized spacial score (nSPS) is 20.3. The lowest BCUT2D eigenvalue weighted by atomic mass is 10.2. The van der Waals surface area contributed by atoms with Crippen LogP contribution in [0.15, 0.2) is 0 Å². The van der Waals surface area contributed by atoms with Crippen LogP contribution >= 0.6 is 23.1 Å². The van der Waals surface area contributed by atoms with E-state index in [2.05, 4.69) is 43.5 Å². The smallest absolute Gasteiger partial charge is 0.155 e. The first-order valence-corrected chi connectivity index (χ1v) is 8.01. The summed E-state index contributed by atoms with van der Waals surface area (Å²) in [5, 5.41) is 11.3. The van der Waals surface area contributed by atoms with Crippen molar-refractivity contribution in [1.82, 2.24) is 29.7 Å². The van der Waals surface area contributed by atoms with Crippen molar-refractivity contribution in [3.63, 3.8) is 0 Å². The Morgan fingerprint density at radius 3 is 3.05 bits per heavy atom. The second-order valence-electron chi connectivity index (χ2n) is 5.32. The molecule has 0 radical (unpaired) electrons. The zero-order chi connectivity index (χ0) is 14.8. The summed E-state index contributed by atoms with van der Waals surface area (Å²) < 4.78 is 10.3. The van der Waals surface area contributed by atoms with Gasteiger partial charge < -0.3 is 4.74 Å². The third kappa shape index (κ3) is 3.39. The van der Waals surface area contributed by atoms with E-state index in [0.29, 0.717) is 23.4 Å². The maximum atomic E-state index is 6.06. The van der Waals surface area contributed by atoms with Gasteiger partial charge >= 0.3 is 0 Å². The summed E-state index contributed by atoms with van der Waals surface area (Å²) in [7, 11) is 0. The van der Waals surface area contributed by atoms with Gasteiger partial charge in [-0.1, -0.05) is 29.9 Å². The molecule has 1 fully saturated rings. The molecule has 0 bridgehead atoms. The Morgan fingerprint density at radius 1 is 1.52 bits per heavy atom. The van der Waals surface area contributed by atoms with Gasteiger partial charge in [-0.3, -0.25) is 10.00 Å². The van der Waals surface area contributed by atoms with E-state index < -0.39 is 0 Å². The molecule has 0 amide bonds. The van der Waals surface area contributed by atoms with E-state index in [1.807, 2.05) is 0 Å². The third-order valence-corrected chi connectivity index (χ3v) is 4.36. The number of rotatable bonds is 4. The lowest BCUT2D eigenvalue weighted by molar-refractivity contribution is -0.0374. The van der Waals surface area contributed by atoms with E-state index in [0.717, 1.165) is 30.4 Å². The van der Waals surface area contributed by atoms with Gasteiger partial charge in [-0.05, 0) is 0 Å². The molecule has 2 aromatic rings. The fraction of sp³-hybridized carbons (Fsp3) is 0.667. The Hall–Kier alpha value is -1.09. The van der Waals surface area contributed by atoms with Gasteiger partial charge in [0, 0.05) is 37.1 Å². The van der Waals surface area contributed by atoms with Crippen LogP contribution in [0.25, 0.3) is 0 Å².